The second-order valence-corrected chi connectivity index (χ2v) is 6.69. The molecule has 148 valence electrons. The topological polar surface area (TPSA) is 106 Å². The highest BCUT2D eigenvalue weighted by Gasteiger charge is 2.49. The van der Waals surface area contributed by atoms with Crippen molar-refractivity contribution in [3.63, 3.8) is 0 Å². The highest BCUT2D eigenvalue weighted by Crippen LogP contribution is 2.24. The van der Waals surface area contributed by atoms with E-state index in [1.54, 1.807) is 30.5 Å². The number of halogens is 1. The van der Waals surface area contributed by atoms with Crippen molar-refractivity contribution in [2.45, 2.75) is 31.5 Å². The number of hydrogen-bond donors (Lipinski definition) is 6. The first-order valence-corrected chi connectivity index (χ1v) is 8.59. The average molecular weight is 386 g/mol. The largest absolute Gasteiger partial charge is 0.385 e. The van der Waals surface area contributed by atoms with E-state index in [1.807, 2.05) is 0 Å². The van der Waals surface area contributed by atoms with Crippen molar-refractivity contribution in [2.24, 2.45) is 0 Å². The minimum atomic E-state index is -2.01. The van der Waals surface area contributed by atoms with Gasteiger partial charge in [-0.2, -0.15) is 0 Å². The van der Waals surface area contributed by atoms with E-state index in [0.717, 1.165) is 16.7 Å². The Hall–Kier alpha value is -2.88. The molecule has 0 fully saturated rings. The lowest BCUT2D eigenvalue weighted by Crippen LogP contribution is -2.68. The Morgan fingerprint density at radius 2 is 1.93 bits per heavy atom. The maximum Gasteiger partial charge on any atom is 0.266 e. The summed E-state index contributed by atoms with van der Waals surface area (Å²) < 4.78 is 13.2. The monoisotopic (exact) mass is 386 g/mol. The lowest BCUT2D eigenvalue weighted by atomic mass is 9.82. The average Bonchev–Trinajstić information content (AvgIpc) is 3.23. The number of carbonyl (C=O) groups is 1. The standard InChI is InChI=1S/C20H23FN4O3/c1-19(27,14-21)20(2,18(26)25-28)22-11-16-9-7-15(8-10-16)5-3-4-6-17-12-23-24-13-17/h7-10,12,22-24,27-28H,11,13-14H2,1-2H3,(H,25,26). The van der Waals surface area contributed by atoms with Gasteiger partial charge in [-0.3, -0.25) is 15.3 Å². The number of hydroxylamine groups is 1. The molecule has 1 amide bonds. The highest BCUT2D eigenvalue weighted by atomic mass is 19.1. The quantitative estimate of drug-likeness (QED) is 0.236. The fourth-order valence-electron chi connectivity index (χ4n) is 2.38. The minimum Gasteiger partial charge on any atom is -0.385 e. The van der Waals surface area contributed by atoms with Crippen LogP contribution >= 0.6 is 0 Å². The van der Waals surface area contributed by atoms with Crippen LogP contribution in [0.3, 0.4) is 0 Å². The highest BCUT2D eigenvalue weighted by molar-refractivity contribution is 5.86. The summed E-state index contributed by atoms with van der Waals surface area (Å²) >= 11 is 0. The maximum absolute atomic E-state index is 13.2. The van der Waals surface area contributed by atoms with Crippen molar-refractivity contribution < 1.29 is 19.5 Å². The summed E-state index contributed by atoms with van der Waals surface area (Å²) in [5.74, 6) is 10.5. The lowest BCUT2D eigenvalue weighted by molar-refractivity contribution is -0.148. The van der Waals surface area contributed by atoms with Gasteiger partial charge in [-0.05, 0) is 43.4 Å². The van der Waals surface area contributed by atoms with E-state index in [-0.39, 0.29) is 6.54 Å². The second kappa shape index (κ2) is 9.36. The van der Waals surface area contributed by atoms with Gasteiger partial charge in [0.15, 0.2) is 0 Å². The Kier molecular flexibility index (Phi) is 7.16. The number of hydrazine groups is 1. The molecule has 2 unspecified atom stereocenters. The van der Waals surface area contributed by atoms with E-state index < -0.39 is 23.7 Å². The van der Waals surface area contributed by atoms with E-state index >= 15 is 0 Å². The SMILES string of the molecule is CC(O)(CF)C(C)(NCc1ccc(C#CC#CC2=CNNC2)cc1)C(=O)NO. The Bertz CT molecular complexity index is 859. The van der Waals surface area contributed by atoms with Crippen LogP contribution in [0.4, 0.5) is 4.39 Å². The van der Waals surface area contributed by atoms with Crippen LogP contribution in [0.1, 0.15) is 25.0 Å². The third-order valence-corrected chi connectivity index (χ3v) is 4.61. The summed E-state index contributed by atoms with van der Waals surface area (Å²) in [5.41, 5.74) is 5.95. The molecule has 0 aromatic heterocycles. The summed E-state index contributed by atoms with van der Waals surface area (Å²) in [6, 6.07) is 7.17. The van der Waals surface area contributed by atoms with Gasteiger partial charge in [-0.15, -0.1) is 0 Å². The third-order valence-electron chi connectivity index (χ3n) is 4.61. The summed E-state index contributed by atoms with van der Waals surface area (Å²) in [4.78, 5) is 12.0. The lowest BCUT2D eigenvalue weighted by Gasteiger charge is -2.39. The van der Waals surface area contributed by atoms with Crippen molar-refractivity contribution in [2.75, 3.05) is 13.2 Å². The molecule has 1 aliphatic rings. The first-order chi connectivity index (χ1) is 13.3. The molecule has 1 aromatic carbocycles. The number of carbonyl (C=O) groups excluding carboxylic acids is 1. The number of rotatable bonds is 6. The van der Waals surface area contributed by atoms with Crippen LogP contribution in [-0.4, -0.2) is 40.6 Å². The Balaban J connectivity index is 2.02. The molecule has 0 saturated carbocycles. The zero-order chi connectivity index (χ0) is 20.6. The van der Waals surface area contributed by atoms with Gasteiger partial charge in [0, 0.05) is 30.4 Å². The molecular weight excluding hydrogens is 363 g/mol. The number of benzene rings is 1. The predicted molar refractivity (Wildman–Crippen MR) is 102 cm³/mol. The molecule has 0 spiro atoms. The molecule has 0 bridgehead atoms. The zero-order valence-electron chi connectivity index (χ0n) is 15.7. The van der Waals surface area contributed by atoms with Gasteiger partial charge in [0.1, 0.15) is 17.8 Å². The fourth-order valence-corrected chi connectivity index (χ4v) is 2.38. The van der Waals surface area contributed by atoms with E-state index in [9.17, 15) is 14.3 Å². The molecule has 1 heterocycles. The van der Waals surface area contributed by atoms with Crippen LogP contribution in [0.15, 0.2) is 36.0 Å². The van der Waals surface area contributed by atoms with Gasteiger partial charge in [0.05, 0.1) is 0 Å². The van der Waals surface area contributed by atoms with Crippen LogP contribution in [0, 0.1) is 23.7 Å². The molecule has 8 heteroatoms. The van der Waals surface area contributed by atoms with Crippen molar-refractivity contribution in [1.82, 2.24) is 21.6 Å². The molecule has 0 aliphatic carbocycles. The van der Waals surface area contributed by atoms with Crippen molar-refractivity contribution >= 4 is 5.91 Å². The molecule has 28 heavy (non-hydrogen) atoms. The Morgan fingerprint density at radius 1 is 1.25 bits per heavy atom. The first kappa shape index (κ1) is 21.4. The fraction of sp³-hybridized carbons (Fsp3) is 0.350. The van der Waals surface area contributed by atoms with Gasteiger partial charge >= 0.3 is 0 Å². The van der Waals surface area contributed by atoms with Crippen LogP contribution in [0.25, 0.3) is 0 Å². The third kappa shape index (κ3) is 5.10. The molecule has 0 saturated heterocycles. The number of amides is 1. The summed E-state index contributed by atoms with van der Waals surface area (Å²) in [7, 11) is 0. The number of alkyl halides is 1. The van der Waals surface area contributed by atoms with E-state index in [4.69, 9.17) is 5.21 Å². The van der Waals surface area contributed by atoms with Crippen LogP contribution < -0.4 is 21.6 Å². The van der Waals surface area contributed by atoms with E-state index in [1.165, 1.54) is 19.3 Å². The van der Waals surface area contributed by atoms with Gasteiger partial charge in [0.25, 0.3) is 5.91 Å². The minimum absolute atomic E-state index is 0.168. The van der Waals surface area contributed by atoms with Crippen LogP contribution in [0.5, 0.6) is 0 Å². The molecule has 6 N–H and O–H groups in total. The molecule has 2 atom stereocenters. The smallest absolute Gasteiger partial charge is 0.266 e. The first-order valence-electron chi connectivity index (χ1n) is 8.59. The number of aliphatic hydroxyl groups is 1. The van der Waals surface area contributed by atoms with Gasteiger partial charge in [-0.1, -0.05) is 24.0 Å². The van der Waals surface area contributed by atoms with Crippen molar-refractivity contribution in [3.8, 4) is 23.7 Å². The van der Waals surface area contributed by atoms with Gasteiger partial charge in [0.2, 0.25) is 0 Å². The van der Waals surface area contributed by atoms with Crippen LogP contribution in [0.2, 0.25) is 0 Å². The predicted octanol–water partition coefficient (Wildman–Crippen LogP) is 0.107. The second-order valence-electron chi connectivity index (χ2n) is 6.69. The molecule has 1 aliphatic heterocycles. The molecule has 1 aromatic rings. The number of nitrogens with one attached hydrogen (secondary N) is 4. The molecule has 2 rings (SSSR count). The van der Waals surface area contributed by atoms with Crippen molar-refractivity contribution in [1.29, 1.82) is 0 Å². The van der Waals surface area contributed by atoms with E-state index in [2.05, 4.69) is 39.9 Å². The zero-order valence-corrected chi connectivity index (χ0v) is 15.7. The maximum atomic E-state index is 13.2. The molecular formula is C20H23FN4O3. The van der Waals surface area contributed by atoms with Gasteiger partial charge in [-0.25, -0.2) is 15.3 Å². The number of hydrogen-bond acceptors (Lipinski definition) is 6. The Morgan fingerprint density at radius 3 is 2.50 bits per heavy atom. The summed E-state index contributed by atoms with van der Waals surface area (Å²) in [5, 5.41) is 22.0. The summed E-state index contributed by atoms with van der Waals surface area (Å²) in [6.45, 7) is 2.17. The van der Waals surface area contributed by atoms with Crippen molar-refractivity contribution in [3.05, 3.63) is 47.2 Å². The Labute approximate surface area is 163 Å². The van der Waals surface area contributed by atoms with Gasteiger partial charge < -0.3 is 10.5 Å². The summed E-state index contributed by atoms with van der Waals surface area (Å²) in [6.07, 6.45) is 1.78. The van der Waals surface area contributed by atoms with Crippen LogP contribution in [-0.2, 0) is 11.3 Å². The molecule has 0 radical (unpaired) electrons. The molecule has 7 nitrogen and oxygen atoms in total. The normalized spacial score (nSPS) is 16.8. The van der Waals surface area contributed by atoms with E-state index in [0.29, 0.717) is 6.54 Å².